The van der Waals surface area contributed by atoms with Crippen molar-refractivity contribution in [2.75, 3.05) is 10.2 Å². The second-order valence-electron chi connectivity index (χ2n) is 33.7. The van der Waals surface area contributed by atoms with Crippen LogP contribution in [0, 0.1) is 11.3 Å². The molecule has 2 aliphatic heterocycles. The van der Waals surface area contributed by atoms with Crippen molar-refractivity contribution >= 4 is 88.5 Å². The highest BCUT2D eigenvalue weighted by molar-refractivity contribution is 6.14. The van der Waals surface area contributed by atoms with Crippen molar-refractivity contribution in [3.8, 4) is 67.6 Å². The number of benzene rings is 13. The molecule has 8 heteroatoms. The molecule has 13 aromatic carbocycles. The summed E-state index contributed by atoms with van der Waals surface area (Å²) in [4.78, 5) is 8.03. The molecule has 0 aliphatic carbocycles. The Morgan fingerprint density at radius 2 is 0.811 bits per heavy atom. The van der Waals surface area contributed by atoms with E-state index in [4.69, 9.17) is 4.98 Å². The number of para-hydroxylation sites is 2. The van der Waals surface area contributed by atoms with E-state index in [1.54, 1.807) is 0 Å². The minimum absolute atomic E-state index is 0.0810. The number of hydrogen-bond acceptors (Lipinski definition) is 4. The number of anilines is 3. The molecule has 0 radical (unpaired) electrons. The molecule has 0 saturated heterocycles. The SMILES string of the molecule is CC(C)(C)c1ccc2c(c1)c1cc(C(C)(C)C)ccc1n2-c1cc(-c2ccc3c(c2)n2c4cc(-c5ccccc5)ccc4nc2n3-c2ccccc2)c(-n2c3ccc(C(C)(C)C)cc3c3cc(C(C)(C)C)ccc32)c(C#N)c1-c1ccc2c(c1)C1c3cc(-c4ccccc4)ccc3NC1N2c1ccccc1. The fourth-order valence-electron chi connectivity index (χ4n) is 17.3. The molecular formula is C98H84N8. The van der Waals surface area contributed by atoms with Gasteiger partial charge in [0, 0.05) is 55.4 Å². The van der Waals surface area contributed by atoms with Crippen LogP contribution in [0.4, 0.5) is 17.1 Å². The number of rotatable bonds is 8. The summed E-state index contributed by atoms with van der Waals surface area (Å²) in [6, 6.07) is 105. The topological polar surface area (TPSA) is 71.1 Å². The van der Waals surface area contributed by atoms with Gasteiger partial charge >= 0.3 is 0 Å². The summed E-state index contributed by atoms with van der Waals surface area (Å²) in [6.07, 6.45) is -0.128. The predicted molar refractivity (Wildman–Crippen MR) is 444 cm³/mol. The van der Waals surface area contributed by atoms with Gasteiger partial charge in [0.2, 0.25) is 5.78 Å². The van der Waals surface area contributed by atoms with Crippen molar-refractivity contribution in [1.82, 2.24) is 23.1 Å². The summed E-state index contributed by atoms with van der Waals surface area (Å²) in [5.41, 5.74) is 29.9. The number of nitrogens with zero attached hydrogens (tertiary/aromatic N) is 7. The summed E-state index contributed by atoms with van der Waals surface area (Å²) in [7, 11) is 0. The number of hydrogen-bond donors (Lipinski definition) is 1. The van der Waals surface area contributed by atoms with Gasteiger partial charge in [0.1, 0.15) is 12.2 Å². The maximum atomic E-state index is 13.3. The van der Waals surface area contributed by atoms with E-state index in [-0.39, 0.29) is 33.7 Å². The van der Waals surface area contributed by atoms with Gasteiger partial charge in [0.15, 0.2) is 0 Å². The molecule has 1 N–H and O–H groups in total. The first-order chi connectivity index (χ1) is 51.0. The summed E-state index contributed by atoms with van der Waals surface area (Å²) in [6.45, 7) is 27.7. The van der Waals surface area contributed by atoms with Gasteiger partial charge in [0.25, 0.3) is 0 Å². The van der Waals surface area contributed by atoms with Gasteiger partial charge in [-0.3, -0.25) is 8.97 Å². The standard InChI is InChI=1S/C98H84N8/c1-95(2,3)65-37-45-81-72(53-65)73-54-66(96(4,5)6)38-46-82(73)104(81)89-57-71(63-35-44-86-88(52-63)106-87-51-62(60-27-19-14-20-28-60)34-42-80(87)101-94(106)103(86)70-31-23-16-24-32-70)92(105-83-47-39-67(97(7,8)9)55-74(83)75-56-68(98(10,11)12)40-48-84(75)105)78(58-99)90(89)64-36-43-85-77(50-64)91-76-49-61(59-25-17-13-18-26-59)33-41-79(76)100-93(91)102(85)69-29-21-15-22-30-69/h13-57,91,93,100H,1-12H3. The molecule has 4 aromatic heterocycles. The lowest BCUT2D eigenvalue weighted by Gasteiger charge is -2.28. The molecule has 6 heterocycles. The molecular weight excluding hydrogens is 1290 g/mol. The maximum Gasteiger partial charge on any atom is 0.220 e. The first-order valence-electron chi connectivity index (χ1n) is 37.4. The van der Waals surface area contributed by atoms with Crippen molar-refractivity contribution in [2.24, 2.45) is 0 Å². The average molecular weight is 1370 g/mol. The third kappa shape index (κ3) is 10.1. The minimum Gasteiger partial charge on any atom is -0.364 e. The van der Waals surface area contributed by atoms with Gasteiger partial charge in [-0.15, -0.1) is 0 Å². The van der Waals surface area contributed by atoms with Crippen molar-refractivity contribution in [3.63, 3.8) is 0 Å². The van der Waals surface area contributed by atoms with Crippen LogP contribution >= 0.6 is 0 Å². The highest BCUT2D eigenvalue weighted by Gasteiger charge is 2.46. The molecule has 516 valence electrons. The highest BCUT2D eigenvalue weighted by atomic mass is 15.3. The number of nitrogens with one attached hydrogen (secondary N) is 1. The zero-order chi connectivity index (χ0) is 72.6. The molecule has 8 nitrogen and oxygen atoms in total. The van der Waals surface area contributed by atoms with Crippen molar-refractivity contribution in [2.45, 2.75) is 117 Å². The van der Waals surface area contributed by atoms with E-state index < -0.39 is 0 Å². The first kappa shape index (κ1) is 64.6. The van der Waals surface area contributed by atoms with Crippen LogP contribution in [0.3, 0.4) is 0 Å². The zero-order valence-corrected chi connectivity index (χ0v) is 62.3. The molecule has 0 spiro atoms. The van der Waals surface area contributed by atoms with E-state index in [9.17, 15) is 5.26 Å². The fraction of sp³-hybridized carbons (Fsp3) is 0.184. The van der Waals surface area contributed by atoms with Crippen LogP contribution in [0.2, 0.25) is 0 Å². The molecule has 106 heavy (non-hydrogen) atoms. The fourth-order valence-corrected chi connectivity index (χ4v) is 17.3. The normalized spacial score (nSPS) is 14.7. The van der Waals surface area contributed by atoms with E-state index >= 15 is 0 Å². The monoisotopic (exact) mass is 1370 g/mol. The van der Waals surface area contributed by atoms with Crippen LogP contribution in [0.1, 0.15) is 128 Å². The Balaban J connectivity index is 0.986. The molecule has 2 atom stereocenters. The predicted octanol–water partition coefficient (Wildman–Crippen LogP) is 25.4. The molecule has 2 unspecified atom stereocenters. The Bertz CT molecular complexity index is 6380. The van der Waals surface area contributed by atoms with Crippen molar-refractivity contribution in [1.29, 1.82) is 5.26 Å². The minimum atomic E-state index is -0.150. The van der Waals surface area contributed by atoms with Crippen molar-refractivity contribution in [3.05, 3.63) is 312 Å². The van der Waals surface area contributed by atoms with Crippen LogP contribution in [0.15, 0.2) is 273 Å². The van der Waals surface area contributed by atoms with E-state index in [0.717, 1.165) is 128 Å². The van der Waals surface area contributed by atoms with E-state index in [1.165, 1.54) is 55.3 Å². The van der Waals surface area contributed by atoms with E-state index in [0.29, 0.717) is 5.56 Å². The summed E-state index contributed by atoms with van der Waals surface area (Å²) < 4.78 is 9.63. The Morgan fingerprint density at radius 1 is 0.358 bits per heavy atom. The smallest absolute Gasteiger partial charge is 0.220 e. The number of fused-ring (bicyclic) bond motifs is 16. The molecule has 19 rings (SSSR count). The lowest BCUT2D eigenvalue weighted by atomic mass is 9.85. The van der Waals surface area contributed by atoms with Gasteiger partial charge in [0.05, 0.1) is 67.0 Å². The number of aromatic nitrogens is 5. The molecule has 17 aromatic rings. The largest absolute Gasteiger partial charge is 0.364 e. The third-order valence-corrected chi connectivity index (χ3v) is 22.9. The first-order valence-corrected chi connectivity index (χ1v) is 37.4. The molecule has 0 saturated carbocycles. The van der Waals surface area contributed by atoms with Crippen LogP contribution in [-0.4, -0.2) is 29.3 Å². The third-order valence-electron chi connectivity index (χ3n) is 22.9. The van der Waals surface area contributed by atoms with Crippen LogP contribution in [0.5, 0.6) is 0 Å². The highest BCUT2D eigenvalue weighted by Crippen LogP contribution is 2.57. The zero-order valence-electron chi connectivity index (χ0n) is 62.3. The van der Waals surface area contributed by atoms with Gasteiger partial charge < -0.3 is 19.4 Å². The summed E-state index contributed by atoms with van der Waals surface area (Å²) in [5.74, 6) is 0.734. The molecule has 0 bridgehead atoms. The van der Waals surface area contributed by atoms with Gasteiger partial charge in [-0.05, 0) is 216 Å². The lowest BCUT2D eigenvalue weighted by molar-refractivity contribution is 0.590. The van der Waals surface area contributed by atoms with Crippen molar-refractivity contribution < 1.29 is 0 Å². The maximum absolute atomic E-state index is 13.3. The Morgan fingerprint density at radius 3 is 1.34 bits per heavy atom. The number of imidazole rings is 2. The molecule has 0 fully saturated rings. The van der Waals surface area contributed by atoms with Gasteiger partial charge in [-0.25, -0.2) is 4.98 Å². The van der Waals surface area contributed by atoms with Gasteiger partial charge in [-0.1, -0.05) is 229 Å². The Kier molecular flexibility index (Phi) is 14.3. The van der Waals surface area contributed by atoms with E-state index in [1.807, 2.05) is 0 Å². The Labute approximate surface area is 619 Å². The average Bonchev–Trinajstić information content (AvgIpc) is 1.53. The lowest BCUT2D eigenvalue weighted by Crippen LogP contribution is -2.33. The second kappa shape index (κ2) is 23.4. The van der Waals surface area contributed by atoms with Crippen LogP contribution in [-0.2, 0) is 21.7 Å². The Hall–Kier alpha value is -12.2. The van der Waals surface area contributed by atoms with Crippen LogP contribution < -0.4 is 10.2 Å². The second-order valence-corrected chi connectivity index (χ2v) is 33.7. The quantitative estimate of drug-likeness (QED) is 0.165. The molecule has 0 amide bonds. The van der Waals surface area contributed by atoms with Crippen LogP contribution in [0.25, 0.3) is 133 Å². The van der Waals surface area contributed by atoms with Gasteiger partial charge in [-0.2, -0.15) is 5.26 Å². The number of nitriles is 1. The summed E-state index contributed by atoms with van der Waals surface area (Å²) in [5, 5.41) is 22.0. The molecule has 2 aliphatic rings. The van der Waals surface area contributed by atoms with E-state index in [2.05, 4.69) is 390 Å². The summed E-state index contributed by atoms with van der Waals surface area (Å²) >= 11 is 0.